The lowest BCUT2D eigenvalue weighted by Gasteiger charge is -2.23. The van der Waals surface area contributed by atoms with E-state index < -0.39 is 0 Å². The third-order valence-electron chi connectivity index (χ3n) is 5.86. The van der Waals surface area contributed by atoms with Gasteiger partial charge in [0, 0.05) is 11.3 Å². The van der Waals surface area contributed by atoms with E-state index in [1.54, 1.807) is 49.6 Å². The molecule has 190 valence electrons. The van der Waals surface area contributed by atoms with Crippen LogP contribution in [0.1, 0.15) is 48.3 Å². The first-order valence-corrected chi connectivity index (χ1v) is 12.0. The molecule has 7 nitrogen and oxygen atoms in total. The molecule has 0 aliphatic carbocycles. The standard InChI is InChI=1S/C29H34N2O5/c1-6-20-7-9-21(10-8-20)28(19(2)3)31-29(33)22-11-16-25(26(17-22)35-5)36-18-27(32)30-23-12-14-24(34-4)15-13-23/h7-17,19,28H,6,18H2,1-5H3,(H,30,32)(H,31,33). The quantitative estimate of drug-likeness (QED) is 0.375. The summed E-state index contributed by atoms with van der Waals surface area (Å²) in [4.78, 5) is 25.4. The van der Waals surface area contributed by atoms with Crippen LogP contribution >= 0.6 is 0 Å². The number of nitrogens with one attached hydrogen (secondary N) is 2. The number of hydrogen-bond acceptors (Lipinski definition) is 5. The second-order valence-corrected chi connectivity index (χ2v) is 8.72. The lowest BCUT2D eigenvalue weighted by molar-refractivity contribution is -0.118. The molecule has 0 saturated heterocycles. The Hall–Kier alpha value is -4.00. The van der Waals surface area contributed by atoms with Crippen LogP contribution in [-0.2, 0) is 11.2 Å². The second kappa shape index (κ2) is 12.6. The van der Waals surface area contributed by atoms with Gasteiger partial charge in [-0.2, -0.15) is 0 Å². The van der Waals surface area contributed by atoms with Crippen LogP contribution in [-0.4, -0.2) is 32.6 Å². The monoisotopic (exact) mass is 490 g/mol. The molecule has 0 radical (unpaired) electrons. The molecule has 0 heterocycles. The zero-order valence-corrected chi connectivity index (χ0v) is 21.5. The van der Waals surface area contributed by atoms with Crippen molar-refractivity contribution in [2.75, 3.05) is 26.1 Å². The van der Waals surface area contributed by atoms with Gasteiger partial charge in [0.15, 0.2) is 18.1 Å². The summed E-state index contributed by atoms with van der Waals surface area (Å²) in [5, 5.41) is 5.90. The molecule has 2 N–H and O–H groups in total. The van der Waals surface area contributed by atoms with E-state index in [0.717, 1.165) is 12.0 Å². The molecular weight excluding hydrogens is 456 g/mol. The molecule has 0 aromatic heterocycles. The van der Waals surface area contributed by atoms with Crippen molar-refractivity contribution in [1.29, 1.82) is 0 Å². The Kier molecular flexibility index (Phi) is 9.33. The molecule has 3 rings (SSSR count). The molecule has 2 amide bonds. The number of carbonyl (C=O) groups excluding carboxylic acids is 2. The minimum atomic E-state index is -0.321. The zero-order valence-electron chi connectivity index (χ0n) is 21.5. The molecule has 1 unspecified atom stereocenters. The van der Waals surface area contributed by atoms with Crippen LogP contribution in [0, 0.1) is 5.92 Å². The van der Waals surface area contributed by atoms with Crippen molar-refractivity contribution in [3.8, 4) is 17.2 Å². The van der Waals surface area contributed by atoms with Gasteiger partial charge in [-0.1, -0.05) is 45.0 Å². The average molecular weight is 491 g/mol. The third kappa shape index (κ3) is 7.01. The first-order valence-electron chi connectivity index (χ1n) is 12.0. The van der Waals surface area contributed by atoms with Crippen molar-refractivity contribution in [3.63, 3.8) is 0 Å². The lowest BCUT2D eigenvalue weighted by atomic mass is 9.94. The van der Waals surface area contributed by atoms with E-state index in [2.05, 4.69) is 55.7 Å². The molecule has 0 aliphatic heterocycles. The zero-order chi connectivity index (χ0) is 26.1. The average Bonchev–Trinajstić information content (AvgIpc) is 2.90. The van der Waals surface area contributed by atoms with Gasteiger partial charge >= 0.3 is 0 Å². The van der Waals surface area contributed by atoms with E-state index in [1.165, 1.54) is 12.7 Å². The number of hydrogen-bond donors (Lipinski definition) is 2. The van der Waals surface area contributed by atoms with E-state index in [1.807, 2.05) is 0 Å². The van der Waals surface area contributed by atoms with Crippen molar-refractivity contribution in [2.24, 2.45) is 5.92 Å². The maximum atomic E-state index is 13.1. The Morgan fingerprint density at radius 3 is 2.14 bits per heavy atom. The highest BCUT2D eigenvalue weighted by molar-refractivity contribution is 5.95. The van der Waals surface area contributed by atoms with E-state index >= 15 is 0 Å². The Bertz CT molecular complexity index is 1160. The van der Waals surface area contributed by atoms with E-state index in [0.29, 0.717) is 28.5 Å². The van der Waals surface area contributed by atoms with Crippen molar-refractivity contribution in [1.82, 2.24) is 5.32 Å². The van der Waals surface area contributed by atoms with Crippen LogP contribution in [0.5, 0.6) is 17.2 Å². The molecule has 0 aliphatic rings. The van der Waals surface area contributed by atoms with Gasteiger partial charge in [0.05, 0.1) is 20.3 Å². The molecule has 0 fully saturated rings. The maximum absolute atomic E-state index is 13.1. The smallest absolute Gasteiger partial charge is 0.262 e. The summed E-state index contributed by atoms with van der Waals surface area (Å²) >= 11 is 0. The summed E-state index contributed by atoms with van der Waals surface area (Å²) in [6.45, 7) is 6.06. The van der Waals surface area contributed by atoms with Gasteiger partial charge < -0.3 is 24.8 Å². The molecule has 3 aromatic rings. The van der Waals surface area contributed by atoms with Crippen LogP contribution in [0.15, 0.2) is 66.7 Å². The Labute approximate surface area is 212 Å². The van der Waals surface area contributed by atoms with Gasteiger partial charge in [0.25, 0.3) is 11.8 Å². The summed E-state index contributed by atoms with van der Waals surface area (Å²) in [6, 6.07) is 20.1. The van der Waals surface area contributed by atoms with Crippen molar-refractivity contribution >= 4 is 17.5 Å². The van der Waals surface area contributed by atoms with Gasteiger partial charge in [0.1, 0.15) is 5.75 Å². The highest BCUT2D eigenvalue weighted by Crippen LogP contribution is 2.29. The van der Waals surface area contributed by atoms with Gasteiger partial charge in [-0.3, -0.25) is 9.59 Å². The minimum absolute atomic E-state index is 0.132. The van der Waals surface area contributed by atoms with Crippen molar-refractivity contribution in [3.05, 3.63) is 83.4 Å². The predicted octanol–water partition coefficient (Wildman–Crippen LogP) is 5.41. The summed E-state index contributed by atoms with van der Waals surface area (Å²) in [5.41, 5.74) is 3.39. The van der Waals surface area contributed by atoms with Crippen LogP contribution in [0.25, 0.3) is 0 Å². The number of methoxy groups -OCH3 is 2. The first-order chi connectivity index (χ1) is 17.3. The molecule has 0 saturated carbocycles. The molecule has 1 atom stereocenters. The third-order valence-corrected chi connectivity index (χ3v) is 5.86. The summed E-state index contributed by atoms with van der Waals surface area (Å²) in [6.07, 6.45) is 0.969. The number of amides is 2. The van der Waals surface area contributed by atoms with E-state index in [-0.39, 0.29) is 30.4 Å². The topological polar surface area (TPSA) is 85.9 Å². The molecule has 0 bridgehead atoms. The first kappa shape index (κ1) is 26.6. The highest BCUT2D eigenvalue weighted by atomic mass is 16.5. The van der Waals surface area contributed by atoms with E-state index in [9.17, 15) is 9.59 Å². The fourth-order valence-electron chi connectivity index (χ4n) is 3.76. The summed E-state index contributed by atoms with van der Waals surface area (Å²) in [5.74, 6) is 1.11. The lowest BCUT2D eigenvalue weighted by Crippen LogP contribution is -2.31. The number of carbonyl (C=O) groups is 2. The number of ether oxygens (including phenoxy) is 3. The summed E-state index contributed by atoms with van der Waals surface area (Å²) < 4.78 is 16.2. The van der Waals surface area contributed by atoms with Crippen molar-refractivity contribution in [2.45, 2.75) is 33.2 Å². The molecular formula is C29H34N2O5. The number of rotatable bonds is 11. The van der Waals surface area contributed by atoms with Crippen LogP contribution in [0.3, 0.4) is 0 Å². The van der Waals surface area contributed by atoms with E-state index in [4.69, 9.17) is 14.2 Å². The van der Waals surface area contributed by atoms with Gasteiger partial charge in [-0.05, 0) is 65.9 Å². The fourth-order valence-corrected chi connectivity index (χ4v) is 3.76. The highest BCUT2D eigenvalue weighted by Gasteiger charge is 2.20. The van der Waals surface area contributed by atoms with Crippen molar-refractivity contribution < 1.29 is 23.8 Å². The maximum Gasteiger partial charge on any atom is 0.262 e. The van der Waals surface area contributed by atoms with Gasteiger partial charge in [0.2, 0.25) is 0 Å². The largest absolute Gasteiger partial charge is 0.497 e. The molecule has 0 spiro atoms. The minimum Gasteiger partial charge on any atom is -0.497 e. The summed E-state index contributed by atoms with van der Waals surface area (Å²) in [7, 11) is 3.07. The second-order valence-electron chi connectivity index (χ2n) is 8.72. The predicted molar refractivity (Wildman–Crippen MR) is 141 cm³/mol. The Morgan fingerprint density at radius 2 is 1.56 bits per heavy atom. The number of benzene rings is 3. The van der Waals surface area contributed by atoms with Crippen LogP contribution in [0.2, 0.25) is 0 Å². The molecule has 3 aromatic carbocycles. The normalized spacial score (nSPS) is 11.5. The SMILES string of the molecule is CCc1ccc(C(NC(=O)c2ccc(OCC(=O)Nc3ccc(OC)cc3)c(OC)c2)C(C)C)cc1. The molecule has 7 heteroatoms. The van der Waals surface area contributed by atoms with Gasteiger partial charge in [-0.25, -0.2) is 0 Å². The number of anilines is 1. The van der Waals surface area contributed by atoms with Crippen LogP contribution in [0.4, 0.5) is 5.69 Å². The number of aryl methyl sites for hydroxylation is 1. The fraction of sp³-hybridized carbons (Fsp3) is 0.310. The van der Waals surface area contributed by atoms with Crippen LogP contribution < -0.4 is 24.8 Å². The molecule has 36 heavy (non-hydrogen) atoms. The van der Waals surface area contributed by atoms with Gasteiger partial charge in [-0.15, -0.1) is 0 Å². The Balaban J connectivity index is 1.64. The Morgan fingerprint density at radius 1 is 0.861 bits per heavy atom.